The quantitative estimate of drug-likeness (QED) is 0.402. The SMILES string of the molecule is Cl[Si](Cl)(Cl)[C@H]1C2C=CC(O2)[C@@H]1[Si](Cl)(Cl)Cl. The molecule has 1 saturated heterocycles. The average molecular weight is 363 g/mol. The summed E-state index contributed by atoms with van der Waals surface area (Å²) in [5.74, 6) is 0. The molecular formula is C6H6Cl6OSi2. The van der Waals surface area contributed by atoms with E-state index in [0.29, 0.717) is 0 Å². The highest BCUT2D eigenvalue weighted by molar-refractivity contribution is 7.68. The minimum Gasteiger partial charge on any atom is -0.367 e. The molecule has 0 saturated carbocycles. The summed E-state index contributed by atoms with van der Waals surface area (Å²) in [6.07, 6.45) is 3.40. The lowest BCUT2D eigenvalue weighted by Gasteiger charge is -2.31. The van der Waals surface area contributed by atoms with Gasteiger partial charge in [0.05, 0.1) is 12.2 Å². The van der Waals surface area contributed by atoms with Crippen LogP contribution in [0.4, 0.5) is 0 Å². The van der Waals surface area contributed by atoms with E-state index >= 15 is 0 Å². The highest BCUT2D eigenvalue weighted by Gasteiger charge is 2.63. The Bertz CT molecular complexity index is 269. The van der Waals surface area contributed by atoms with Crippen molar-refractivity contribution < 1.29 is 4.74 Å². The number of rotatable bonds is 2. The third-order valence-corrected chi connectivity index (χ3v) is 10.4. The van der Waals surface area contributed by atoms with Gasteiger partial charge in [0.25, 0.3) is 0 Å². The molecule has 2 heterocycles. The van der Waals surface area contributed by atoms with Gasteiger partial charge in [0.15, 0.2) is 0 Å². The molecule has 0 radical (unpaired) electrons. The normalized spacial score (nSPS) is 40.1. The van der Waals surface area contributed by atoms with Crippen molar-refractivity contribution in [3.05, 3.63) is 12.2 Å². The Morgan fingerprint density at radius 3 is 1.33 bits per heavy atom. The molecule has 0 amide bonds. The summed E-state index contributed by atoms with van der Waals surface area (Å²) < 4.78 is 5.60. The van der Waals surface area contributed by atoms with Crippen molar-refractivity contribution in [3.8, 4) is 0 Å². The predicted molar refractivity (Wildman–Crippen MR) is 71.9 cm³/mol. The highest BCUT2D eigenvalue weighted by Crippen LogP contribution is 2.61. The first-order valence-corrected chi connectivity index (χ1v) is 14.4. The third kappa shape index (κ3) is 2.51. The Balaban J connectivity index is 2.33. The highest BCUT2D eigenvalue weighted by atomic mass is 35.8. The van der Waals surface area contributed by atoms with Crippen LogP contribution in [-0.4, -0.2) is 24.2 Å². The molecule has 9 heteroatoms. The maximum absolute atomic E-state index is 6.04. The van der Waals surface area contributed by atoms with Crippen molar-refractivity contribution in [3.63, 3.8) is 0 Å². The second-order valence-corrected chi connectivity index (χ2v) is 21.3. The van der Waals surface area contributed by atoms with E-state index < -0.39 is 12.0 Å². The summed E-state index contributed by atoms with van der Waals surface area (Å²) in [5.41, 5.74) is -0.478. The van der Waals surface area contributed by atoms with Crippen molar-refractivity contribution in [1.29, 1.82) is 0 Å². The summed E-state index contributed by atoms with van der Waals surface area (Å²) in [4.78, 5) is 0. The fourth-order valence-electron chi connectivity index (χ4n) is 2.09. The molecule has 2 rings (SSSR count). The van der Waals surface area contributed by atoms with E-state index in [9.17, 15) is 0 Å². The van der Waals surface area contributed by atoms with Gasteiger partial charge in [0.2, 0.25) is 0 Å². The fourth-order valence-corrected chi connectivity index (χ4v) is 12.5. The zero-order valence-electron chi connectivity index (χ0n) is 7.14. The van der Waals surface area contributed by atoms with Gasteiger partial charge in [0.1, 0.15) is 0 Å². The van der Waals surface area contributed by atoms with Gasteiger partial charge in [-0.25, -0.2) is 0 Å². The molecule has 2 unspecified atom stereocenters. The van der Waals surface area contributed by atoms with E-state index in [1.165, 1.54) is 0 Å². The van der Waals surface area contributed by atoms with Crippen molar-refractivity contribution in [2.75, 3.05) is 0 Å². The van der Waals surface area contributed by atoms with Crippen LogP contribution >= 0.6 is 66.5 Å². The van der Waals surface area contributed by atoms with Gasteiger partial charge in [0, 0.05) is 11.1 Å². The van der Waals surface area contributed by atoms with Gasteiger partial charge >= 0.3 is 12.0 Å². The lowest BCUT2D eigenvalue weighted by molar-refractivity contribution is 0.120. The van der Waals surface area contributed by atoms with Crippen molar-refractivity contribution in [2.45, 2.75) is 23.3 Å². The Morgan fingerprint density at radius 2 is 1.07 bits per heavy atom. The van der Waals surface area contributed by atoms with Crippen LogP contribution in [0, 0.1) is 0 Å². The second-order valence-electron chi connectivity index (χ2n) is 3.59. The fraction of sp³-hybridized carbons (Fsp3) is 0.667. The van der Waals surface area contributed by atoms with Crippen LogP contribution in [0.1, 0.15) is 0 Å². The molecule has 15 heavy (non-hydrogen) atoms. The Morgan fingerprint density at radius 1 is 0.733 bits per heavy atom. The minimum atomic E-state index is -2.93. The van der Waals surface area contributed by atoms with Crippen LogP contribution in [0.25, 0.3) is 0 Å². The van der Waals surface area contributed by atoms with Crippen LogP contribution in [0.2, 0.25) is 11.1 Å². The number of fused-ring (bicyclic) bond motifs is 2. The Hall–Kier alpha value is 1.87. The first-order valence-electron chi connectivity index (χ1n) is 4.18. The van der Waals surface area contributed by atoms with Gasteiger partial charge in [-0.2, -0.15) is 0 Å². The largest absolute Gasteiger partial charge is 0.367 e. The molecule has 2 aliphatic rings. The zero-order valence-corrected chi connectivity index (χ0v) is 13.7. The van der Waals surface area contributed by atoms with Crippen molar-refractivity contribution >= 4 is 78.5 Å². The molecule has 1 fully saturated rings. The van der Waals surface area contributed by atoms with Crippen LogP contribution in [0.3, 0.4) is 0 Å². The maximum atomic E-state index is 6.04. The van der Waals surface area contributed by atoms with E-state index in [2.05, 4.69) is 0 Å². The molecule has 2 bridgehead atoms. The predicted octanol–water partition coefficient (Wildman–Crippen LogP) is 4.37. The summed E-state index contributed by atoms with van der Waals surface area (Å²) >= 11 is 36.2. The number of hydrogen-bond donors (Lipinski definition) is 0. The molecule has 0 aromatic carbocycles. The summed E-state index contributed by atoms with van der Waals surface area (Å²) in [6, 6.07) is -5.86. The zero-order chi connectivity index (χ0) is 11.4. The lowest BCUT2D eigenvalue weighted by atomic mass is 10.1. The summed E-state index contributed by atoms with van der Waals surface area (Å²) in [6.45, 7) is 0. The van der Waals surface area contributed by atoms with E-state index in [4.69, 9.17) is 71.2 Å². The van der Waals surface area contributed by atoms with Crippen LogP contribution in [-0.2, 0) is 4.74 Å². The molecular weight excluding hydrogens is 357 g/mol. The molecule has 4 atom stereocenters. The van der Waals surface area contributed by atoms with E-state index in [0.717, 1.165) is 0 Å². The van der Waals surface area contributed by atoms with Gasteiger partial charge in [-0.05, 0) is 0 Å². The Labute approximate surface area is 118 Å². The molecule has 0 spiro atoms. The topological polar surface area (TPSA) is 9.23 Å². The number of hydrogen-bond acceptors (Lipinski definition) is 1. The molecule has 1 nitrogen and oxygen atoms in total. The number of ether oxygens (including phenoxy) is 1. The first-order chi connectivity index (χ1) is 6.71. The molecule has 0 N–H and O–H groups in total. The molecule has 86 valence electrons. The summed E-state index contributed by atoms with van der Waals surface area (Å²) in [5, 5.41) is 0. The van der Waals surface area contributed by atoms with Gasteiger partial charge in [-0.1, -0.05) is 12.2 Å². The lowest BCUT2D eigenvalue weighted by Crippen LogP contribution is -2.38. The minimum absolute atomic E-state index is 0.192. The van der Waals surface area contributed by atoms with Crippen LogP contribution < -0.4 is 0 Å². The van der Waals surface area contributed by atoms with Gasteiger partial charge < -0.3 is 4.74 Å². The molecule has 0 aromatic heterocycles. The molecule has 0 aliphatic carbocycles. The summed E-state index contributed by atoms with van der Waals surface area (Å²) in [7, 11) is 0. The van der Waals surface area contributed by atoms with E-state index in [-0.39, 0.29) is 23.3 Å². The molecule has 2 aliphatic heterocycles. The van der Waals surface area contributed by atoms with Crippen LogP contribution in [0.5, 0.6) is 0 Å². The van der Waals surface area contributed by atoms with Gasteiger partial charge in [-0.15, -0.1) is 66.5 Å². The Kier molecular flexibility index (Phi) is 3.74. The first kappa shape index (κ1) is 13.3. The van der Waals surface area contributed by atoms with Crippen molar-refractivity contribution in [1.82, 2.24) is 0 Å². The van der Waals surface area contributed by atoms with Crippen LogP contribution in [0.15, 0.2) is 12.2 Å². The number of halogens is 6. The molecule has 0 aromatic rings. The third-order valence-electron chi connectivity index (χ3n) is 2.66. The van der Waals surface area contributed by atoms with Crippen molar-refractivity contribution in [2.24, 2.45) is 0 Å². The standard InChI is InChI=1S/C6H6Cl6OSi2/c7-14(8,9)5-3-1-2-4(13-3)6(5)15(10,11)12/h1-6H/t3?,4?,5-,6-/m0/s1. The second kappa shape index (κ2) is 4.21. The monoisotopic (exact) mass is 360 g/mol. The average Bonchev–Trinajstić information content (AvgIpc) is 2.56. The van der Waals surface area contributed by atoms with E-state index in [1.807, 2.05) is 12.2 Å². The van der Waals surface area contributed by atoms with E-state index in [1.54, 1.807) is 0 Å². The van der Waals surface area contributed by atoms with Gasteiger partial charge in [-0.3, -0.25) is 0 Å². The maximum Gasteiger partial charge on any atom is 0.347 e. The smallest absolute Gasteiger partial charge is 0.347 e.